The highest BCUT2D eigenvalue weighted by molar-refractivity contribution is 6.30. The van der Waals surface area contributed by atoms with Gasteiger partial charge in [-0.25, -0.2) is 4.79 Å². The quantitative estimate of drug-likeness (QED) is 0.909. The molecule has 1 amide bonds. The normalized spacial score (nSPS) is 27.9. The van der Waals surface area contributed by atoms with Gasteiger partial charge in [0.1, 0.15) is 12.2 Å². The summed E-state index contributed by atoms with van der Waals surface area (Å²) >= 11 is 5.89. The van der Waals surface area contributed by atoms with E-state index in [9.17, 15) is 9.59 Å². The smallest absolute Gasteiger partial charge is 0.332 e. The number of carbonyl (C=O) groups is 2. The van der Waals surface area contributed by atoms with Gasteiger partial charge in [-0.15, -0.1) is 0 Å². The molecular formula is C16H18ClNO5. The summed E-state index contributed by atoms with van der Waals surface area (Å²) in [5.41, 5.74) is 0.961. The second-order valence-electron chi connectivity index (χ2n) is 5.72. The van der Waals surface area contributed by atoms with Gasteiger partial charge >= 0.3 is 5.97 Å². The second-order valence-corrected chi connectivity index (χ2v) is 6.16. The standard InChI is InChI=1S/C16H18ClNO5/c17-11-3-1-10(2-4-11)14-9-18(7-8-22-14)15(19)12-5-6-13(23-12)16(20)21/h1-4,12-14H,5-9H2,(H,20,21)/t12-,13+,14?/m0/s1. The van der Waals surface area contributed by atoms with Crippen LogP contribution in [0.25, 0.3) is 0 Å². The predicted octanol–water partition coefficient (Wildman–Crippen LogP) is 1.87. The fourth-order valence-electron chi connectivity index (χ4n) is 2.93. The lowest BCUT2D eigenvalue weighted by molar-refractivity contribution is -0.158. The first-order chi connectivity index (χ1) is 11.0. The van der Waals surface area contributed by atoms with Crippen molar-refractivity contribution < 1.29 is 24.2 Å². The molecule has 1 aromatic carbocycles. The number of ether oxygens (including phenoxy) is 2. The molecule has 2 heterocycles. The van der Waals surface area contributed by atoms with Gasteiger partial charge in [0.15, 0.2) is 6.10 Å². The largest absolute Gasteiger partial charge is 0.479 e. The van der Waals surface area contributed by atoms with Gasteiger partial charge in [0.25, 0.3) is 5.91 Å². The number of amides is 1. The average molecular weight is 340 g/mol. The molecule has 0 aliphatic carbocycles. The fourth-order valence-corrected chi connectivity index (χ4v) is 3.06. The third-order valence-corrected chi connectivity index (χ3v) is 4.44. The second kappa shape index (κ2) is 6.86. The zero-order valence-electron chi connectivity index (χ0n) is 12.5. The van der Waals surface area contributed by atoms with E-state index < -0.39 is 18.2 Å². The van der Waals surface area contributed by atoms with E-state index in [2.05, 4.69) is 0 Å². The number of benzene rings is 1. The van der Waals surface area contributed by atoms with Gasteiger partial charge in [-0.05, 0) is 30.5 Å². The van der Waals surface area contributed by atoms with E-state index >= 15 is 0 Å². The lowest BCUT2D eigenvalue weighted by atomic mass is 10.1. The molecule has 2 saturated heterocycles. The molecule has 2 aliphatic heterocycles. The highest BCUT2D eigenvalue weighted by Gasteiger charge is 2.38. The van der Waals surface area contributed by atoms with Crippen LogP contribution < -0.4 is 0 Å². The van der Waals surface area contributed by atoms with Gasteiger partial charge in [-0.3, -0.25) is 4.79 Å². The molecule has 3 rings (SSSR count). The van der Waals surface area contributed by atoms with Crippen LogP contribution in [0.5, 0.6) is 0 Å². The SMILES string of the molecule is O=C(O)[C@H]1CC[C@@H](C(=O)N2CCOC(c3ccc(Cl)cc3)C2)O1. The van der Waals surface area contributed by atoms with Crippen LogP contribution in [0, 0.1) is 0 Å². The molecule has 7 heteroatoms. The van der Waals surface area contributed by atoms with Gasteiger partial charge < -0.3 is 19.5 Å². The Kier molecular flexibility index (Phi) is 4.84. The first-order valence-corrected chi connectivity index (χ1v) is 7.96. The Morgan fingerprint density at radius 2 is 1.87 bits per heavy atom. The first kappa shape index (κ1) is 16.2. The molecule has 1 unspecified atom stereocenters. The summed E-state index contributed by atoms with van der Waals surface area (Å²) < 4.78 is 11.1. The van der Waals surface area contributed by atoms with E-state index in [1.807, 2.05) is 12.1 Å². The van der Waals surface area contributed by atoms with E-state index in [1.54, 1.807) is 17.0 Å². The molecule has 3 atom stereocenters. The maximum absolute atomic E-state index is 12.5. The zero-order valence-corrected chi connectivity index (χ0v) is 13.2. The monoisotopic (exact) mass is 339 g/mol. The zero-order chi connectivity index (χ0) is 16.4. The Morgan fingerprint density at radius 1 is 1.17 bits per heavy atom. The van der Waals surface area contributed by atoms with Gasteiger partial charge in [0.05, 0.1) is 13.2 Å². The summed E-state index contributed by atoms with van der Waals surface area (Å²) in [6.07, 6.45) is -0.936. The minimum Gasteiger partial charge on any atom is -0.479 e. The van der Waals surface area contributed by atoms with Crippen LogP contribution in [0.15, 0.2) is 24.3 Å². The van der Waals surface area contributed by atoms with E-state index in [1.165, 1.54) is 0 Å². The summed E-state index contributed by atoms with van der Waals surface area (Å²) in [7, 11) is 0. The highest BCUT2D eigenvalue weighted by Crippen LogP contribution is 2.27. The van der Waals surface area contributed by atoms with Crippen molar-refractivity contribution in [3.05, 3.63) is 34.9 Å². The van der Waals surface area contributed by atoms with Crippen molar-refractivity contribution in [1.82, 2.24) is 4.90 Å². The van der Waals surface area contributed by atoms with E-state index in [4.69, 9.17) is 26.2 Å². The predicted molar refractivity (Wildman–Crippen MR) is 82.3 cm³/mol. The number of halogens is 1. The Balaban J connectivity index is 1.63. The van der Waals surface area contributed by atoms with Crippen molar-refractivity contribution >= 4 is 23.5 Å². The lowest BCUT2D eigenvalue weighted by Gasteiger charge is -2.34. The van der Waals surface area contributed by atoms with E-state index in [-0.39, 0.29) is 12.0 Å². The fraction of sp³-hybridized carbons (Fsp3) is 0.500. The Morgan fingerprint density at radius 3 is 2.52 bits per heavy atom. The molecule has 124 valence electrons. The van der Waals surface area contributed by atoms with Crippen LogP contribution in [0.1, 0.15) is 24.5 Å². The Hall–Kier alpha value is -1.63. The number of hydrogen-bond acceptors (Lipinski definition) is 4. The molecule has 2 aliphatic rings. The molecule has 6 nitrogen and oxygen atoms in total. The molecule has 1 N–H and O–H groups in total. The van der Waals surface area contributed by atoms with E-state index in [0.29, 0.717) is 37.6 Å². The van der Waals surface area contributed by atoms with Gasteiger partial charge in [-0.1, -0.05) is 23.7 Å². The molecule has 2 fully saturated rings. The first-order valence-electron chi connectivity index (χ1n) is 7.58. The summed E-state index contributed by atoms with van der Waals surface area (Å²) in [6, 6.07) is 7.35. The summed E-state index contributed by atoms with van der Waals surface area (Å²) in [5.74, 6) is -1.17. The number of aliphatic carboxylic acids is 1. The molecule has 0 spiro atoms. The molecular weight excluding hydrogens is 322 g/mol. The topological polar surface area (TPSA) is 76.1 Å². The molecule has 0 radical (unpaired) electrons. The van der Waals surface area contributed by atoms with Crippen molar-refractivity contribution in [3.8, 4) is 0 Å². The minimum atomic E-state index is -1.01. The molecule has 0 aromatic heterocycles. The maximum Gasteiger partial charge on any atom is 0.332 e. The van der Waals surface area contributed by atoms with Crippen molar-refractivity contribution in [2.45, 2.75) is 31.2 Å². The number of carboxylic acids is 1. The number of hydrogen-bond donors (Lipinski definition) is 1. The number of morpholine rings is 1. The summed E-state index contributed by atoms with van der Waals surface area (Å²) in [5, 5.41) is 9.61. The Bertz CT molecular complexity index is 591. The van der Waals surface area contributed by atoms with Crippen LogP contribution in [0.3, 0.4) is 0 Å². The van der Waals surface area contributed by atoms with Crippen LogP contribution in [0.4, 0.5) is 0 Å². The highest BCUT2D eigenvalue weighted by atomic mass is 35.5. The van der Waals surface area contributed by atoms with Crippen LogP contribution >= 0.6 is 11.6 Å². The van der Waals surface area contributed by atoms with Crippen LogP contribution in [0.2, 0.25) is 5.02 Å². The number of rotatable bonds is 3. The number of carboxylic acid groups (broad SMARTS) is 1. The number of nitrogens with zero attached hydrogens (tertiary/aromatic N) is 1. The molecule has 0 bridgehead atoms. The van der Waals surface area contributed by atoms with Gasteiger partial charge in [0, 0.05) is 11.6 Å². The van der Waals surface area contributed by atoms with Crippen molar-refractivity contribution in [2.24, 2.45) is 0 Å². The van der Waals surface area contributed by atoms with Crippen molar-refractivity contribution in [1.29, 1.82) is 0 Å². The summed E-state index contributed by atoms with van der Waals surface area (Å²) in [6.45, 7) is 1.35. The van der Waals surface area contributed by atoms with Crippen molar-refractivity contribution in [3.63, 3.8) is 0 Å². The summed E-state index contributed by atoms with van der Waals surface area (Å²) in [4.78, 5) is 25.2. The van der Waals surface area contributed by atoms with Gasteiger partial charge in [-0.2, -0.15) is 0 Å². The van der Waals surface area contributed by atoms with Crippen LogP contribution in [-0.4, -0.2) is 53.8 Å². The molecule has 1 aromatic rings. The molecule has 0 saturated carbocycles. The van der Waals surface area contributed by atoms with E-state index in [0.717, 1.165) is 5.56 Å². The Labute approximate surface area is 138 Å². The molecule has 23 heavy (non-hydrogen) atoms. The maximum atomic E-state index is 12.5. The van der Waals surface area contributed by atoms with Crippen molar-refractivity contribution in [2.75, 3.05) is 19.7 Å². The lowest BCUT2D eigenvalue weighted by Crippen LogP contribution is -2.46. The van der Waals surface area contributed by atoms with Gasteiger partial charge in [0.2, 0.25) is 0 Å². The number of carbonyl (C=O) groups excluding carboxylic acids is 1. The minimum absolute atomic E-state index is 0.156. The van der Waals surface area contributed by atoms with Crippen LogP contribution in [-0.2, 0) is 19.1 Å². The third kappa shape index (κ3) is 3.65. The average Bonchev–Trinajstić information content (AvgIpc) is 3.05. The third-order valence-electron chi connectivity index (χ3n) is 4.19.